The predicted molar refractivity (Wildman–Crippen MR) is 93.2 cm³/mol. The van der Waals surface area contributed by atoms with Crippen LogP contribution in [-0.2, 0) is 9.59 Å². The molecule has 0 heterocycles. The Hall–Kier alpha value is -2.61. The first-order valence-electron chi connectivity index (χ1n) is 7.27. The van der Waals surface area contributed by atoms with Crippen LogP contribution in [0.5, 0.6) is 5.75 Å². The van der Waals surface area contributed by atoms with E-state index in [9.17, 15) is 18.4 Å². The monoisotopic (exact) mass is 366 g/mol. The van der Waals surface area contributed by atoms with Crippen LogP contribution in [0.1, 0.15) is 6.92 Å². The maximum atomic E-state index is 12.2. The van der Waals surface area contributed by atoms with E-state index in [2.05, 4.69) is 10.6 Å². The van der Waals surface area contributed by atoms with Crippen LogP contribution < -0.4 is 15.4 Å². The highest BCUT2D eigenvalue weighted by atomic mass is 32.2. The van der Waals surface area contributed by atoms with Crippen molar-refractivity contribution in [3.05, 3.63) is 48.5 Å². The molecule has 2 N–H and O–H groups in total. The second-order valence-electron chi connectivity index (χ2n) is 4.95. The van der Waals surface area contributed by atoms with Gasteiger partial charge in [-0.15, -0.1) is 0 Å². The maximum absolute atomic E-state index is 12.2. The third-order valence-corrected chi connectivity index (χ3v) is 3.61. The number of carbonyl (C=O) groups excluding carboxylic acids is 2. The molecule has 25 heavy (non-hydrogen) atoms. The summed E-state index contributed by atoms with van der Waals surface area (Å²) >= 11 is 0.438. The smallest absolute Gasteiger partial charge is 0.288 e. The molecule has 0 fully saturated rings. The molecule has 0 aliphatic rings. The summed E-state index contributed by atoms with van der Waals surface area (Å²) in [6.45, 7) is 1.17. The summed E-state index contributed by atoms with van der Waals surface area (Å²) < 4.78 is 29.9. The first-order chi connectivity index (χ1) is 11.9. The highest BCUT2D eigenvalue weighted by molar-refractivity contribution is 7.99. The van der Waals surface area contributed by atoms with Gasteiger partial charge in [-0.25, -0.2) is 0 Å². The van der Waals surface area contributed by atoms with Crippen molar-refractivity contribution in [2.75, 3.05) is 17.2 Å². The van der Waals surface area contributed by atoms with Gasteiger partial charge in [0.2, 0.25) is 5.91 Å². The molecule has 8 heteroatoms. The molecule has 0 saturated heterocycles. The van der Waals surface area contributed by atoms with E-state index in [0.717, 1.165) is 0 Å². The lowest BCUT2D eigenvalue weighted by molar-refractivity contribution is -0.118. The number of benzene rings is 2. The first kappa shape index (κ1) is 18.7. The van der Waals surface area contributed by atoms with E-state index in [1.807, 2.05) is 0 Å². The van der Waals surface area contributed by atoms with E-state index in [1.54, 1.807) is 36.4 Å². The summed E-state index contributed by atoms with van der Waals surface area (Å²) in [6.07, 6.45) is 0. The maximum Gasteiger partial charge on any atom is 0.288 e. The number of rotatable bonds is 7. The minimum absolute atomic E-state index is 0.205. The lowest BCUT2D eigenvalue weighted by atomic mass is 10.3. The van der Waals surface area contributed by atoms with Gasteiger partial charge in [0.05, 0.1) is 0 Å². The van der Waals surface area contributed by atoms with Crippen LogP contribution >= 0.6 is 11.8 Å². The van der Waals surface area contributed by atoms with Gasteiger partial charge in [-0.1, -0.05) is 17.8 Å². The number of nitrogens with one attached hydrogen (secondary N) is 2. The molecule has 0 atom stereocenters. The predicted octanol–water partition coefficient (Wildman–Crippen LogP) is 3.98. The minimum Gasteiger partial charge on any atom is -0.484 e. The van der Waals surface area contributed by atoms with E-state index in [0.29, 0.717) is 33.8 Å². The molecule has 2 rings (SSSR count). The fourth-order valence-corrected chi connectivity index (χ4v) is 2.43. The van der Waals surface area contributed by atoms with Crippen LogP contribution in [0.3, 0.4) is 0 Å². The molecule has 0 aliphatic heterocycles. The van der Waals surface area contributed by atoms with Crippen molar-refractivity contribution >= 4 is 35.0 Å². The molecule has 0 spiro atoms. The van der Waals surface area contributed by atoms with Gasteiger partial charge in [0, 0.05) is 29.3 Å². The third-order valence-electron chi connectivity index (χ3n) is 2.89. The highest BCUT2D eigenvalue weighted by Crippen LogP contribution is 2.26. The van der Waals surface area contributed by atoms with Crippen LogP contribution in [0.15, 0.2) is 53.4 Å². The standard InChI is InChI=1S/C17H16F2N2O3S/c1-11(22)20-13-3-2-4-14(9-13)24-10-16(23)21-12-5-7-15(8-6-12)25-17(18)19/h2-9,17H,10H2,1H3,(H,20,22)(H,21,23). The lowest BCUT2D eigenvalue weighted by Crippen LogP contribution is -2.20. The summed E-state index contributed by atoms with van der Waals surface area (Å²) in [5.41, 5.74) is 1.05. The molecular weight excluding hydrogens is 350 g/mol. The number of alkyl halides is 2. The fourth-order valence-electron chi connectivity index (χ4n) is 1.93. The van der Waals surface area contributed by atoms with E-state index in [4.69, 9.17) is 4.74 Å². The zero-order chi connectivity index (χ0) is 18.2. The Labute approximate surface area is 147 Å². The second-order valence-corrected chi connectivity index (χ2v) is 6.01. The molecule has 0 aromatic heterocycles. The molecule has 0 radical (unpaired) electrons. The molecule has 0 bridgehead atoms. The van der Waals surface area contributed by atoms with Gasteiger partial charge in [-0.05, 0) is 36.4 Å². The molecule has 2 aromatic rings. The Balaban J connectivity index is 1.85. The normalized spacial score (nSPS) is 10.4. The topological polar surface area (TPSA) is 67.4 Å². The van der Waals surface area contributed by atoms with Crippen LogP contribution in [0.25, 0.3) is 0 Å². The number of halogens is 2. The third kappa shape index (κ3) is 6.80. The Kier molecular flexibility index (Phi) is 6.76. The zero-order valence-corrected chi connectivity index (χ0v) is 14.1. The Morgan fingerprint density at radius 1 is 1.08 bits per heavy atom. The number of hydrogen-bond donors (Lipinski definition) is 2. The molecule has 0 aliphatic carbocycles. The van der Waals surface area contributed by atoms with Crippen molar-refractivity contribution in [3.63, 3.8) is 0 Å². The van der Waals surface area contributed by atoms with Crippen LogP contribution in [0, 0.1) is 0 Å². The molecule has 2 amide bonds. The Bertz CT molecular complexity index is 739. The van der Waals surface area contributed by atoms with E-state index >= 15 is 0 Å². The number of hydrogen-bond acceptors (Lipinski definition) is 4. The minimum atomic E-state index is -2.48. The van der Waals surface area contributed by atoms with Gasteiger partial charge in [0.15, 0.2) is 6.61 Å². The van der Waals surface area contributed by atoms with Gasteiger partial charge in [0.25, 0.3) is 11.7 Å². The highest BCUT2D eigenvalue weighted by Gasteiger charge is 2.07. The first-order valence-corrected chi connectivity index (χ1v) is 8.15. The average molecular weight is 366 g/mol. The SMILES string of the molecule is CC(=O)Nc1cccc(OCC(=O)Nc2ccc(SC(F)F)cc2)c1. The summed E-state index contributed by atoms with van der Waals surface area (Å²) in [7, 11) is 0. The number of thioether (sulfide) groups is 1. The van der Waals surface area contributed by atoms with E-state index < -0.39 is 5.76 Å². The van der Waals surface area contributed by atoms with Crippen LogP contribution in [-0.4, -0.2) is 24.2 Å². The lowest BCUT2D eigenvalue weighted by Gasteiger charge is -2.09. The van der Waals surface area contributed by atoms with E-state index in [-0.39, 0.29) is 18.4 Å². The van der Waals surface area contributed by atoms with Crippen LogP contribution in [0.4, 0.5) is 20.2 Å². The number of carbonyl (C=O) groups is 2. The summed E-state index contributed by atoms with van der Waals surface area (Å²) in [5, 5.41) is 5.23. The van der Waals surface area contributed by atoms with Crippen molar-refractivity contribution in [3.8, 4) is 5.75 Å². The summed E-state index contributed by atoms with van der Waals surface area (Å²) in [6, 6.07) is 12.7. The van der Waals surface area contributed by atoms with Crippen molar-refractivity contribution in [1.82, 2.24) is 0 Å². The number of anilines is 2. The fraction of sp³-hybridized carbons (Fsp3) is 0.176. The van der Waals surface area contributed by atoms with Crippen molar-refractivity contribution in [2.45, 2.75) is 17.6 Å². The van der Waals surface area contributed by atoms with Crippen molar-refractivity contribution < 1.29 is 23.1 Å². The zero-order valence-electron chi connectivity index (χ0n) is 13.3. The molecule has 2 aromatic carbocycles. The van der Waals surface area contributed by atoms with Gasteiger partial charge < -0.3 is 15.4 Å². The number of amides is 2. The van der Waals surface area contributed by atoms with Gasteiger partial charge in [-0.2, -0.15) is 8.78 Å². The summed E-state index contributed by atoms with van der Waals surface area (Å²) in [5.74, 6) is -2.64. The molecule has 0 unspecified atom stereocenters. The quantitative estimate of drug-likeness (QED) is 0.728. The largest absolute Gasteiger partial charge is 0.484 e. The molecule has 5 nitrogen and oxygen atoms in total. The van der Waals surface area contributed by atoms with Gasteiger partial charge >= 0.3 is 0 Å². The van der Waals surface area contributed by atoms with Crippen molar-refractivity contribution in [2.24, 2.45) is 0 Å². The number of ether oxygens (including phenoxy) is 1. The Morgan fingerprint density at radius 3 is 2.44 bits per heavy atom. The molecule has 132 valence electrons. The van der Waals surface area contributed by atoms with Crippen molar-refractivity contribution in [1.29, 1.82) is 0 Å². The second kappa shape index (κ2) is 9.03. The Morgan fingerprint density at radius 2 is 1.80 bits per heavy atom. The molecular formula is C17H16F2N2O3S. The van der Waals surface area contributed by atoms with Gasteiger partial charge in [0.1, 0.15) is 5.75 Å². The molecule has 0 saturated carbocycles. The van der Waals surface area contributed by atoms with Crippen LogP contribution in [0.2, 0.25) is 0 Å². The van der Waals surface area contributed by atoms with Gasteiger partial charge in [-0.3, -0.25) is 9.59 Å². The average Bonchev–Trinajstić information content (AvgIpc) is 2.54. The van der Waals surface area contributed by atoms with E-state index in [1.165, 1.54) is 19.1 Å². The summed E-state index contributed by atoms with van der Waals surface area (Å²) in [4.78, 5) is 23.3.